The van der Waals surface area contributed by atoms with Crippen LogP contribution in [0.5, 0.6) is 5.75 Å². The summed E-state index contributed by atoms with van der Waals surface area (Å²) < 4.78 is 11.0. The van der Waals surface area contributed by atoms with E-state index in [0.29, 0.717) is 12.4 Å². The number of likely N-dealkylation sites (N-methyl/N-ethyl adjacent to an activating group) is 1. The summed E-state index contributed by atoms with van der Waals surface area (Å²) in [5.41, 5.74) is 2.35. The quantitative estimate of drug-likeness (QED) is 0.642. The second kappa shape index (κ2) is 9.91. The molecule has 7 heteroatoms. The van der Waals surface area contributed by atoms with Crippen molar-refractivity contribution < 1.29 is 23.9 Å². The monoisotopic (exact) mass is 410 g/mol. The first kappa shape index (κ1) is 21.4. The molecule has 0 bridgehead atoms. The Balaban J connectivity index is 1.52. The van der Waals surface area contributed by atoms with Crippen LogP contribution in [0.15, 0.2) is 48.5 Å². The number of carbonyl (C=O) groups is 3. The minimum Gasteiger partial charge on any atom is -0.488 e. The fraction of sp³-hybridized carbons (Fsp3) is 0.348. The first-order valence-corrected chi connectivity index (χ1v) is 9.90. The Hall–Kier alpha value is -3.35. The van der Waals surface area contributed by atoms with Gasteiger partial charge >= 0.3 is 5.97 Å². The van der Waals surface area contributed by atoms with Gasteiger partial charge in [0.1, 0.15) is 17.9 Å². The van der Waals surface area contributed by atoms with E-state index in [4.69, 9.17) is 9.47 Å². The van der Waals surface area contributed by atoms with E-state index in [2.05, 4.69) is 5.32 Å². The van der Waals surface area contributed by atoms with Crippen LogP contribution < -0.4 is 10.1 Å². The van der Waals surface area contributed by atoms with E-state index in [0.717, 1.165) is 24.0 Å². The van der Waals surface area contributed by atoms with E-state index in [9.17, 15) is 14.4 Å². The molecule has 0 heterocycles. The van der Waals surface area contributed by atoms with Gasteiger partial charge in [-0.2, -0.15) is 0 Å². The van der Waals surface area contributed by atoms with Gasteiger partial charge in [0, 0.05) is 13.1 Å². The second-order valence-corrected chi connectivity index (χ2v) is 7.44. The number of amides is 2. The number of para-hydroxylation sites is 1. The smallest absolute Gasteiger partial charge is 0.342 e. The Morgan fingerprint density at radius 2 is 1.87 bits per heavy atom. The summed E-state index contributed by atoms with van der Waals surface area (Å²) in [5, 5.41) is 2.81. The lowest BCUT2D eigenvalue weighted by atomic mass is 10.1. The van der Waals surface area contributed by atoms with Crippen LogP contribution >= 0.6 is 0 Å². The molecule has 0 radical (unpaired) electrons. The number of nitrogens with one attached hydrogen (secondary N) is 1. The summed E-state index contributed by atoms with van der Waals surface area (Å²) in [6, 6.07) is 14.9. The molecule has 0 spiro atoms. The Labute approximate surface area is 176 Å². The SMILES string of the molecule is Cc1cccc(COc2ccccc2C(=O)OCC(=O)N(C)CC(=O)NC2CC2)c1. The molecule has 3 rings (SSSR count). The molecule has 30 heavy (non-hydrogen) atoms. The molecule has 0 aliphatic heterocycles. The van der Waals surface area contributed by atoms with Gasteiger partial charge in [0.05, 0.1) is 6.54 Å². The molecule has 0 saturated heterocycles. The molecule has 0 atom stereocenters. The summed E-state index contributed by atoms with van der Waals surface area (Å²) in [5.74, 6) is -0.935. The van der Waals surface area contributed by atoms with Crippen molar-refractivity contribution in [1.29, 1.82) is 0 Å². The number of aryl methyl sites for hydroxylation is 1. The van der Waals surface area contributed by atoms with Gasteiger partial charge in [-0.05, 0) is 37.5 Å². The number of carbonyl (C=O) groups excluding carboxylic acids is 3. The third-order valence-electron chi connectivity index (χ3n) is 4.66. The van der Waals surface area contributed by atoms with Crippen molar-refractivity contribution in [2.45, 2.75) is 32.4 Å². The third-order valence-corrected chi connectivity index (χ3v) is 4.66. The molecular weight excluding hydrogens is 384 g/mol. The molecule has 1 aliphatic carbocycles. The van der Waals surface area contributed by atoms with Gasteiger partial charge in [-0.25, -0.2) is 4.79 Å². The molecule has 158 valence electrons. The number of esters is 1. The Morgan fingerprint density at radius 3 is 2.60 bits per heavy atom. The molecule has 2 aromatic carbocycles. The van der Waals surface area contributed by atoms with E-state index >= 15 is 0 Å². The highest BCUT2D eigenvalue weighted by molar-refractivity contribution is 5.94. The average molecular weight is 410 g/mol. The molecule has 7 nitrogen and oxygen atoms in total. The normalized spacial score (nSPS) is 12.7. The van der Waals surface area contributed by atoms with Crippen LogP contribution in [0.3, 0.4) is 0 Å². The van der Waals surface area contributed by atoms with Gasteiger partial charge in [0.15, 0.2) is 6.61 Å². The lowest BCUT2D eigenvalue weighted by Crippen LogP contribution is -2.40. The topological polar surface area (TPSA) is 84.9 Å². The molecule has 1 N–H and O–H groups in total. The highest BCUT2D eigenvalue weighted by Crippen LogP contribution is 2.21. The zero-order valence-electron chi connectivity index (χ0n) is 17.2. The van der Waals surface area contributed by atoms with Crippen molar-refractivity contribution in [3.8, 4) is 5.75 Å². The highest BCUT2D eigenvalue weighted by atomic mass is 16.5. The minimum atomic E-state index is -0.654. The number of hydrogen-bond acceptors (Lipinski definition) is 5. The van der Waals surface area contributed by atoms with Crippen LogP contribution in [0.25, 0.3) is 0 Å². The number of ether oxygens (including phenoxy) is 2. The van der Waals surface area contributed by atoms with Gasteiger partial charge in [-0.3, -0.25) is 9.59 Å². The van der Waals surface area contributed by atoms with Gasteiger partial charge < -0.3 is 19.7 Å². The van der Waals surface area contributed by atoms with Crippen molar-refractivity contribution in [1.82, 2.24) is 10.2 Å². The van der Waals surface area contributed by atoms with Crippen LogP contribution in [0.1, 0.15) is 34.3 Å². The van der Waals surface area contributed by atoms with Gasteiger partial charge in [0.2, 0.25) is 5.91 Å². The maximum Gasteiger partial charge on any atom is 0.342 e. The molecular formula is C23H26N2O5. The molecule has 1 aliphatic rings. The van der Waals surface area contributed by atoms with Gasteiger partial charge in [-0.1, -0.05) is 42.0 Å². The van der Waals surface area contributed by atoms with Crippen molar-refractivity contribution in [2.75, 3.05) is 20.2 Å². The predicted molar refractivity (Wildman–Crippen MR) is 111 cm³/mol. The highest BCUT2D eigenvalue weighted by Gasteiger charge is 2.24. The summed E-state index contributed by atoms with van der Waals surface area (Å²) in [6.07, 6.45) is 1.96. The number of rotatable bonds is 9. The first-order valence-electron chi connectivity index (χ1n) is 9.90. The van der Waals surface area contributed by atoms with Gasteiger partial charge in [-0.15, -0.1) is 0 Å². The number of nitrogens with zero attached hydrogens (tertiary/aromatic N) is 1. The molecule has 0 aromatic heterocycles. The fourth-order valence-electron chi connectivity index (χ4n) is 2.84. The van der Waals surface area contributed by atoms with Crippen molar-refractivity contribution in [3.63, 3.8) is 0 Å². The number of hydrogen-bond donors (Lipinski definition) is 1. The lowest BCUT2D eigenvalue weighted by molar-refractivity contribution is -0.137. The van der Waals surface area contributed by atoms with E-state index in [-0.39, 0.29) is 24.1 Å². The maximum atomic E-state index is 12.5. The van der Waals surface area contributed by atoms with Crippen molar-refractivity contribution in [3.05, 3.63) is 65.2 Å². The Morgan fingerprint density at radius 1 is 1.10 bits per heavy atom. The summed E-state index contributed by atoms with van der Waals surface area (Å²) in [7, 11) is 1.50. The summed E-state index contributed by atoms with van der Waals surface area (Å²) in [4.78, 5) is 37.7. The fourth-order valence-corrected chi connectivity index (χ4v) is 2.84. The Bertz CT molecular complexity index is 923. The standard InChI is InChI=1S/C23H26N2O5/c1-16-6-5-7-17(12-16)14-29-20-9-4-3-8-19(20)23(28)30-15-22(27)25(2)13-21(26)24-18-10-11-18/h3-9,12,18H,10-11,13-15H2,1-2H3,(H,24,26). The van der Waals surface area contributed by atoms with Gasteiger partial charge in [0.25, 0.3) is 5.91 Å². The maximum absolute atomic E-state index is 12.5. The van der Waals surface area contributed by atoms with Crippen LogP contribution in [-0.2, 0) is 20.9 Å². The minimum absolute atomic E-state index is 0.0664. The van der Waals surface area contributed by atoms with E-state index in [1.54, 1.807) is 24.3 Å². The zero-order chi connectivity index (χ0) is 21.5. The Kier molecular flexibility index (Phi) is 7.06. The second-order valence-electron chi connectivity index (χ2n) is 7.44. The number of benzene rings is 2. The molecule has 0 unspecified atom stereocenters. The third kappa shape index (κ3) is 6.34. The first-order chi connectivity index (χ1) is 14.4. The van der Waals surface area contributed by atoms with Crippen LogP contribution in [0.2, 0.25) is 0 Å². The molecule has 1 fully saturated rings. The predicted octanol–water partition coefficient (Wildman–Crippen LogP) is 2.47. The molecule has 2 aromatic rings. The molecule has 1 saturated carbocycles. The average Bonchev–Trinajstić information content (AvgIpc) is 3.54. The summed E-state index contributed by atoms with van der Waals surface area (Å²) in [6.45, 7) is 1.80. The van der Waals surface area contributed by atoms with E-state index in [1.165, 1.54) is 11.9 Å². The van der Waals surface area contributed by atoms with Crippen molar-refractivity contribution >= 4 is 17.8 Å². The molecule has 2 amide bonds. The summed E-state index contributed by atoms with van der Waals surface area (Å²) >= 11 is 0. The van der Waals surface area contributed by atoms with Crippen molar-refractivity contribution in [2.24, 2.45) is 0 Å². The largest absolute Gasteiger partial charge is 0.488 e. The van der Waals surface area contributed by atoms with E-state index in [1.807, 2.05) is 31.2 Å². The van der Waals surface area contributed by atoms with Crippen LogP contribution in [-0.4, -0.2) is 48.9 Å². The van der Waals surface area contributed by atoms with Crippen LogP contribution in [0.4, 0.5) is 0 Å². The zero-order valence-corrected chi connectivity index (χ0v) is 17.2. The van der Waals surface area contributed by atoms with Crippen LogP contribution in [0, 0.1) is 6.92 Å². The van der Waals surface area contributed by atoms with E-state index < -0.39 is 18.5 Å². The lowest BCUT2D eigenvalue weighted by Gasteiger charge is -2.17.